The van der Waals surface area contributed by atoms with Gasteiger partial charge >= 0.3 is 0 Å². The van der Waals surface area contributed by atoms with Gasteiger partial charge in [0.1, 0.15) is 0 Å². The lowest BCUT2D eigenvalue weighted by Crippen LogP contribution is -2.26. The van der Waals surface area contributed by atoms with Crippen molar-refractivity contribution in [3.8, 4) is 0 Å². The molecule has 2 unspecified atom stereocenters. The van der Waals surface area contributed by atoms with Crippen LogP contribution in [0, 0.1) is 6.92 Å². The summed E-state index contributed by atoms with van der Waals surface area (Å²) in [4.78, 5) is 0. The van der Waals surface area contributed by atoms with Crippen LogP contribution in [0.3, 0.4) is 0 Å². The third-order valence-corrected chi connectivity index (χ3v) is 4.53. The first-order chi connectivity index (χ1) is 7.70. The standard InChI is InChI=1S/C13H20N2S/c1-9-6-7-10(14)8-12(9)15-11-4-3-5-13(11)16-2/h6-8,11,13,15H,3-5,14H2,1-2H3. The van der Waals surface area contributed by atoms with Crippen LogP contribution in [0.1, 0.15) is 24.8 Å². The van der Waals surface area contributed by atoms with Crippen LogP contribution in [0.2, 0.25) is 0 Å². The molecule has 0 saturated heterocycles. The maximum Gasteiger partial charge on any atom is 0.0393 e. The average molecular weight is 236 g/mol. The first-order valence-corrected chi connectivity index (χ1v) is 7.15. The van der Waals surface area contributed by atoms with Crippen LogP contribution < -0.4 is 11.1 Å². The van der Waals surface area contributed by atoms with Crippen molar-refractivity contribution in [2.45, 2.75) is 37.5 Å². The zero-order valence-electron chi connectivity index (χ0n) is 9.99. The lowest BCUT2D eigenvalue weighted by molar-refractivity contribution is 0.768. The molecule has 0 radical (unpaired) electrons. The van der Waals surface area contributed by atoms with E-state index in [1.54, 1.807) is 0 Å². The van der Waals surface area contributed by atoms with E-state index in [1.807, 2.05) is 23.9 Å². The van der Waals surface area contributed by atoms with Crippen molar-refractivity contribution in [2.75, 3.05) is 17.3 Å². The molecule has 0 bridgehead atoms. The molecule has 1 fully saturated rings. The van der Waals surface area contributed by atoms with Crippen LogP contribution in [0.5, 0.6) is 0 Å². The second kappa shape index (κ2) is 5.00. The predicted octanol–water partition coefficient (Wildman–Crippen LogP) is 3.27. The Bertz CT molecular complexity index is 365. The molecule has 3 heteroatoms. The van der Waals surface area contributed by atoms with Crippen LogP contribution in [-0.2, 0) is 0 Å². The molecular weight excluding hydrogens is 216 g/mol. The highest BCUT2D eigenvalue weighted by atomic mass is 32.2. The summed E-state index contributed by atoms with van der Waals surface area (Å²) in [5.74, 6) is 0. The van der Waals surface area contributed by atoms with Crippen molar-refractivity contribution in [1.29, 1.82) is 0 Å². The summed E-state index contributed by atoms with van der Waals surface area (Å²) in [5, 5.41) is 4.40. The summed E-state index contributed by atoms with van der Waals surface area (Å²) in [6.07, 6.45) is 6.15. The van der Waals surface area contributed by atoms with E-state index in [0.717, 1.165) is 10.9 Å². The van der Waals surface area contributed by atoms with Gasteiger partial charge in [-0.05, 0) is 43.7 Å². The van der Waals surface area contributed by atoms with E-state index in [9.17, 15) is 0 Å². The topological polar surface area (TPSA) is 38.0 Å². The number of rotatable bonds is 3. The summed E-state index contributed by atoms with van der Waals surface area (Å²) in [6.45, 7) is 2.13. The van der Waals surface area contributed by atoms with Gasteiger partial charge < -0.3 is 11.1 Å². The summed E-state index contributed by atoms with van der Waals surface area (Å²) < 4.78 is 0. The highest BCUT2D eigenvalue weighted by molar-refractivity contribution is 7.99. The molecule has 0 spiro atoms. The van der Waals surface area contributed by atoms with E-state index in [-0.39, 0.29) is 0 Å². The van der Waals surface area contributed by atoms with Gasteiger partial charge in [0.05, 0.1) is 0 Å². The summed E-state index contributed by atoms with van der Waals surface area (Å²) >= 11 is 1.98. The molecule has 88 valence electrons. The zero-order chi connectivity index (χ0) is 11.5. The summed E-state index contributed by atoms with van der Waals surface area (Å²) in [7, 11) is 0. The number of nitrogens with one attached hydrogen (secondary N) is 1. The highest BCUT2D eigenvalue weighted by Crippen LogP contribution is 2.31. The van der Waals surface area contributed by atoms with Gasteiger partial charge in [-0.25, -0.2) is 0 Å². The molecule has 0 aliphatic heterocycles. The lowest BCUT2D eigenvalue weighted by atomic mass is 10.1. The van der Waals surface area contributed by atoms with Gasteiger partial charge in [0.15, 0.2) is 0 Å². The van der Waals surface area contributed by atoms with Crippen LogP contribution in [0.15, 0.2) is 18.2 Å². The first-order valence-electron chi connectivity index (χ1n) is 5.86. The van der Waals surface area contributed by atoms with Gasteiger partial charge in [0, 0.05) is 22.7 Å². The minimum Gasteiger partial charge on any atom is -0.399 e. The molecule has 0 heterocycles. The Morgan fingerprint density at radius 1 is 1.38 bits per heavy atom. The van der Waals surface area contributed by atoms with Gasteiger partial charge in [0.25, 0.3) is 0 Å². The second-order valence-electron chi connectivity index (χ2n) is 4.53. The SMILES string of the molecule is CSC1CCCC1Nc1cc(N)ccc1C. The Morgan fingerprint density at radius 2 is 2.19 bits per heavy atom. The summed E-state index contributed by atoms with van der Waals surface area (Å²) in [6, 6.07) is 6.70. The van der Waals surface area contributed by atoms with E-state index in [1.165, 1.54) is 30.5 Å². The van der Waals surface area contributed by atoms with Crippen molar-refractivity contribution in [1.82, 2.24) is 0 Å². The fraction of sp³-hybridized carbons (Fsp3) is 0.538. The minimum atomic E-state index is 0.607. The predicted molar refractivity (Wildman–Crippen MR) is 74.2 cm³/mol. The average Bonchev–Trinajstić information content (AvgIpc) is 2.71. The molecular formula is C13H20N2S. The van der Waals surface area contributed by atoms with Crippen LogP contribution in [-0.4, -0.2) is 17.5 Å². The van der Waals surface area contributed by atoms with Gasteiger partial charge in [-0.15, -0.1) is 0 Å². The van der Waals surface area contributed by atoms with Crippen molar-refractivity contribution >= 4 is 23.1 Å². The fourth-order valence-electron chi connectivity index (χ4n) is 2.37. The molecule has 3 N–H and O–H groups in total. The number of aryl methyl sites for hydroxylation is 1. The lowest BCUT2D eigenvalue weighted by Gasteiger charge is -2.21. The molecule has 16 heavy (non-hydrogen) atoms. The van der Waals surface area contributed by atoms with Crippen molar-refractivity contribution in [3.05, 3.63) is 23.8 Å². The maximum atomic E-state index is 5.82. The van der Waals surface area contributed by atoms with E-state index >= 15 is 0 Å². The maximum absolute atomic E-state index is 5.82. The van der Waals surface area contributed by atoms with Crippen LogP contribution in [0.4, 0.5) is 11.4 Å². The summed E-state index contributed by atoms with van der Waals surface area (Å²) in [5.41, 5.74) is 9.14. The fourth-order valence-corrected chi connectivity index (χ4v) is 3.30. The van der Waals surface area contributed by atoms with Crippen molar-refractivity contribution < 1.29 is 0 Å². The zero-order valence-corrected chi connectivity index (χ0v) is 10.8. The van der Waals surface area contributed by atoms with E-state index in [2.05, 4.69) is 24.6 Å². The first kappa shape index (κ1) is 11.6. The Hall–Kier alpha value is -0.830. The highest BCUT2D eigenvalue weighted by Gasteiger charge is 2.26. The number of hydrogen-bond acceptors (Lipinski definition) is 3. The monoisotopic (exact) mass is 236 g/mol. The van der Waals surface area contributed by atoms with Crippen molar-refractivity contribution in [2.24, 2.45) is 0 Å². The minimum absolute atomic E-state index is 0.607. The largest absolute Gasteiger partial charge is 0.399 e. The smallest absolute Gasteiger partial charge is 0.0393 e. The molecule has 0 aromatic heterocycles. The number of nitrogen functional groups attached to an aromatic ring is 1. The van der Waals surface area contributed by atoms with Gasteiger partial charge in [-0.1, -0.05) is 12.5 Å². The number of thioether (sulfide) groups is 1. The quantitative estimate of drug-likeness (QED) is 0.791. The molecule has 0 amide bonds. The molecule has 1 aromatic rings. The molecule has 1 saturated carbocycles. The normalized spacial score (nSPS) is 24.6. The number of hydrogen-bond donors (Lipinski definition) is 2. The third kappa shape index (κ3) is 2.46. The van der Waals surface area contributed by atoms with Gasteiger partial charge in [0.2, 0.25) is 0 Å². The van der Waals surface area contributed by atoms with E-state index < -0.39 is 0 Å². The van der Waals surface area contributed by atoms with Gasteiger partial charge in [-0.2, -0.15) is 11.8 Å². The second-order valence-corrected chi connectivity index (χ2v) is 5.61. The number of nitrogens with two attached hydrogens (primary N) is 1. The van der Waals surface area contributed by atoms with Crippen LogP contribution >= 0.6 is 11.8 Å². The Morgan fingerprint density at radius 3 is 2.94 bits per heavy atom. The molecule has 2 rings (SSSR count). The van der Waals surface area contributed by atoms with E-state index in [0.29, 0.717) is 6.04 Å². The number of benzene rings is 1. The number of anilines is 2. The molecule has 2 nitrogen and oxygen atoms in total. The third-order valence-electron chi connectivity index (χ3n) is 3.36. The molecule has 1 aromatic carbocycles. The molecule has 1 aliphatic carbocycles. The molecule has 2 atom stereocenters. The Labute approximate surface area is 102 Å². The Kier molecular flexibility index (Phi) is 3.64. The Balaban J connectivity index is 2.11. The van der Waals surface area contributed by atoms with Crippen LogP contribution in [0.25, 0.3) is 0 Å². The van der Waals surface area contributed by atoms with E-state index in [4.69, 9.17) is 5.73 Å². The van der Waals surface area contributed by atoms with Crippen molar-refractivity contribution in [3.63, 3.8) is 0 Å². The molecule has 1 aliphatic rings. The van der Waals surface area contributed by atoms with Gasteiger partial charge in [-0.3, -0.25) is 0 Å².